The largest absolute Gasteiger partial charge is 0.383 e. The summed E-state index contributed by atoms with van der Waals surface area (Å²) in [6.07, 6.45) is 5.58. The highest BCUT2D eigenvalue weighted by Crippen LogP contribution is 2.45. The molecule has 4 aromatic heterocycles. The van der Waals surface area contributed by atoms with E-state index < -0.39 is 0 Å². The van der Waals surface area contributed by atoms with Crippen LogP contribution in [0.1, 0.15) is 24.1 Å². The first-order valence-corrected chi connectivity index (χ1v) is 15.1. The van der Waals surface area contributed by atoms with Crippen molar-refractivity contribution in [3.05, 3.63) is 109 Å². The first-order chi connectivity index (χ1) is 22.1. The lowest BCUT2D eigenvalue weighted by Gasteiger charge is -2.42. The van der Waals surface area contributed by atoms with Crippen LogP contribution in [0.3, 0.4) is 0 Å². The SMILES string of the molecule is N#Cc1ccnc(N2CCN(Cc3ccc(-n4c(-c5cccnc5N)nc5ccc(-c6ccccc6)nc54)cc3)CC23CC3)n1. The van der Waals surface area contributed by atoms with Crippen LogP contribution < -0.4 is 10.6 Å². The van der Waals surface area contributed by atoms with Crippen molar-refractivity contribution in [3.8, 4) is 34.4 Å². The van der Waals surface area contributed by atoms with Gasteiger partial charge in [0.15, 0.2) is 11.5 Å². The maximum absolute atomic E-state index is 9.31. The molecule has 2 aliphatic rings. The van der Waals surface area contributed by atoms with Gasteiger partial charge in [-0.3, -0.25) is 9.47 Å². The number of nitrogens with two attached hydrogens (primary N) is 1. The predicted molar refractivity (Wildman–Crippen MR) is 173 cm³/mol. The number of imidazole rings is 1. The van der Waals surface area contributed by atoms with Gasteiger partial charge in [-0.05, 0) is 60.9 Å². The summed E-state index contributed by atoms with van der Waals surface area (Å²) in [4.78, 5) is 28.2. The Hall–Kier alpha value is -5.66. The number of rotatable bonds is 6. The van der Waals surface area contributed by atoms with Crippen LogP contribution in [0.4, 0.5) is 11.8 Å². The Labute approximate surface area is 260 Å². The van der Waals surface area contributed by atoms with Gasteiger partial charge in [0.25, 0.3) is 0 Å². The van der Waals surface area contributed by atoms with E-state index in [4.69, 9.17) is 15.7 Å². The minimum Gasteiger partial charge on any atom is -0.383 e. The van der Waals surface area contributed by atoms with Crippen LogP contribution in [0.2, 0.25) is 0 Å². The number of anilines is 2. The van der Waals surface area contributed by atoms with Crippen molar-refractivity contribution in [2.75, 3.05) is 30.3 Å². The fraction of sp³-hybridized carbons (Fsp3) is 0.200. The van der Waals surface area contributed by atoms with Crippen LogP contribution in [0.5, 0.6) is 0 Å². The zero-order valence-corrected chi connectivity index (χ0v) is 24.6. The molecule has 6 aromatic rings. The van der Waals surface area contributed by atoms with Gasteiger partial charge < -0.3 is 10.6 Å². The monoisotopic (exact) mass is 590 g/mol. The Morgan fingerprint density at radius 3 is 2.44 bits per heavy atom. The molecule has 1 saturated heterocycles. The van der Waals surface area contributed by atoms with Gasteiger partial charge in [-0.25, -0.2) is 24.9 Å². The molecule has 1 saturated carbocycles. The molecular weight excluding hydrogens is 560 g/mol. The van der Waals surface area contributed by atoms with E-state index in [0.717, 1.165) is 72.7 Å². The molecule has 1 spiro atoms. The molecule has 5 heterocycles. The van der Waals surface area contributed by atoms with Gasteiger partial charge in [0.1, 0.15) is 23.1 Å². The normalized spacial score (nSPS) is 15.8. The fourth-order valence-electron chi connectivity index (χ4n) is 6.39. The van der Waals surface area contributed by atoms with Crippen LogP contribution in [0.15, 0.2) is 97.3 Å². The highest BCUT2D eigenvalue weighted by molar-refractivity contribution is 5.84. The molecule has 2 N–H and O–H groups in total. The van der Waals surface area contributed by atoms with Gasteiger partial charge in [-0.15, -0.1) is 0 Å². The van der Waals surface area contributed by atoms with Crippen molar-refractivity contribution < 1.29 is 0 Å². The molecule has 0 bridgehead atoms. The zero-order chi connectivity index (χ0) is 30.4. The molecule has 0 amide bonds. The van der Waals surface area contributed by atoms with Crippen LogP contribution in [-0.4, -0.2) is 59.6 Å². The minimum atomic E-state index is 0.0443. The smallest absolute Gasteiger partial charge is 0.227 e. The maximum Gasteiger partial charge on any atom is 0.227 e. The first kappa shape index (κ1) is 26.9. The van der Waals surface area contributed by atoms with Crippen molar-refractivity contribution in [1.82, 2.24) is 34.4 Å². The molecule has 1 aliphatic carbocycles. The maximum atomic E-state index is 9.31. The number of piperazine rings is 1. The van der Waals surface area contributed by atoms with Crippen molar-refractivity contribution in [2.24, 2.45) is 0 Å². The van der Waals surface area contributed by atoms with Gasteiger partial charge in [0, 0.05) is 49.8 Å². The topological polar surface area (TPSA) is 126 Å². The molecule has 0 atom stereocenters. The molecule has 8 rings (SSSR count). The van der Waals surface area contributed by atoms with Gasteiger partial charge in [-0.2, -0.15) is 5.26 Å². The third kappa shape index (κ3) is 4.93. The number of aromatic nitrogens is 6. The van der Waals surface area contributed by atoms with E-state index in [2.05, 4.69) is 71.8 Å². The molecule has 0 unspecified atom stereocenters. The summed E-state index contributed by atoms with van der Waals surface area (Å²) in [5, 5.41) is 9.31. The van der Waals surface area contributed by atoms with Gasteiger partial charge in [0.2, 0.25) is 5.95 Å². The number of nitrogen functional groups attached to an aromatic ring is 1. The number of nitrogens with zero attached hydrogens (tertiary/aromatic N) is 9. The van der Waals surface area contributed by atoms with Crippen molar-refractivity contribution >= 4 is 22.9 Å². The van der Waals surface area contributed by atoms with Crippen LogP contribution in [-0.2, 0) is 6.54 Å². The summed E-state index contributed by atoms with van der Waals surface area (Å²) in [6, 6.07) is 30.4. The Morgan fingerprint density at radius 2 is 1.67 bits per heavy atom. The Kier molecular flexibility index (Phi) is 6.47. The van der Waals surface area contributed by atoms with E-state index in [1.54, 1.807) is 18.5 Å². The third-order valence-corrected chi connectivity index (χ3v) is 8.81. The average molecular weight is 591 g/mol. The van der Waals surface area contributed by atoms with Crippen molar-refractivity contribution in [1.29, 1.82) is 5.26 Å². The lowest BCUT2D eigenvalue weighted by molar-refractivity contribution is 0.204. The number of fused-ring (bicyclic) bond motifs is 1. The summed E-state index contributed by atoms with van der Waals surface area (Å²) in [6.45, 7) is 3.52. The van der Waals surface area contributed by atoms with E-state index >= 15 is 0 Å². The van der Waals surface area contributed by atoms with Crippen molar-refractivity contribution in [2.45, 2.75) is 24.9 Å². The van der Waals surface area contributed by atoms with Crippen LogP contribution in [0, 0.1) is 11.3 Å². The van der Waals surface area contributed by atoms with Crippen LogP contribution in [0.25, 0.3) is 39.5 Å². The summed E-state index contributed by atoms with van der Waals surface area (Å²) < 4.78 is 2.08. The number of hydrogen-bond donors (Lipinski definition) is 1. The highest BCUT2D eigenvalue weighted by Gasteiger charge is 2.52. The van der Waals surface area contributed by atoms with Gasteiger partial charge in [0.05, 0.1) is 16.8 Å². The standard InChI is InChI=1S/C35H30N10/c36-21-26-14-18-39-34(40-26)44-20-19-43(23-35(44)15-16-35)22-24-8-10-27(11-9-24)45-32(28-7-4-17-38-31(28)37)42-30-13-12-29(41-33(30)45)25-5-2-1-3-6-25/h1-14,17-18H,15-16,19-20,22-23H2,(H2,37,38). The molecule has 0 radical (unpaired) electrons. The molecular formula is C35H30N10. The molecule has 2 aromatic carbocycles. The van der Waals surface area contributed by atoms with E-state index in [0.29, 0.717) is 23.3 Å². The van der Waals surface area contributed by atoms with Gasteiger partial charge in [-0.1, -0.05) is 42.5 Å². The Morgan fingerprint density at radius 1 is 0.822 bits per heavy atom. The van der Waals surface area contributed by atoms with Gasteiger partial charge >= 0.3 is 0 Å². The third-order valence-electron chi connectivity index (χ3n) is 8.81. The Bertz CT molecular complexity index is 2060. The molecule has 10 heteroatoms. The second-order valence-electron chi connectivity index (χ2n) is 11.7. The lowest BCUT2D eigenvalue weighted by atomic mass is 10.1. The summed E-state index contributed by atoms with van der Waals surface area (Å²) >= 11 is 0. The Balaban J connectivity index is 1.09. The zero-order valence-electron chi connectivity index (χ0n) is 24.6. The number of benzene rings is 2. The minimum absolute atomic E-state index is 0.0443. The summed E-state index contributed by atoms with van der Waals surface area (Å²) in [7, 11) is 0. The van der Waals surface area contributed by atoms with E-state index in [-0.39, 0.29) is 5.54 Å². The lowest BCUT2D eigenvalue weighted by Crippen LogP contribution is -2.55. The van der Waals surface area contributed by atoms with Crippen molar-refractivity contribution in [3.63, 3.8) is 0 Å². The number of hydrogen-bond acceptors (Lipinski definition) is 9. The molecule has 45 heavy (non-hydrogen) atoms. The van der Waals surface area contributed by atoms with E-state index in [1.807, 2.05) is 42.5 Å². The number of pyridine rings is 2. The molecule has 10 nitrogen and oxygen atoms in total. The van der Waals surface area contributed by atoms with E-state index in [9.17, 15) is 5.26 Å². The molecule has 220 valence electrons. The van der Waals surface area contributed by atoms with E-state index in [1.165, 1.54) is 5.56 Å². The number of nitriles is 1. The predicted octanol–water partition coefficient (Wildman–Crippen LogP) is 5.25. The molecule has 2 fully saturated rings. The highest BCUT2D eigenvalue weighted by atomic mass is 15.4. The quantitative estimate of drug-likeness (QED) is 0.277. The first-order valence-electron chi connectivity index (χ1n) is 15.1. The fourth-order valence-corrected chi connectivity index (χ4v) is 6.39. The molecule has 1 aliphatic heterocycles. The average Bonchev–Trinajstić information content (AvgIpc) is 3.74. The summed E-state index contributed by atoms with van der Waals surface area (Å²) in [5.74, 6) is 1.79. The summed E-state index contributed by atoms with van der Waals surface area (Å²) in [5.41, 5.74) is 13.2. The second-order valence-corrected chi connectivity index (χ2v) is 11.7. The van der Waals surface area contributed by atoms with Crippen LogP contribution >= 0.6 is 0 Å². The second kappa shape index (κ2) is 10.8.